The van der Waals surface area contributed by atoms with Crippen LogP contribution in [0, 0.1) is 0 Å². The Labute approximate surface area is 166 Å². The maximum atomic E-state index is 12.8. The molecular formula is C18H26ClN3O4S. The zero-order chi connectivity index (χ0) is 20.0. The van der Waals surface area contributed by atoms with Gasteiger partial charge in [0.25, 0.3) is 0 Å². The number of carbonyl (C=O) groups excluding carboxylic acids is 1. The number of rotatable bonds is 7. The third-order valence-corrected chi connectivity index (χ3v) is 6.41. The van der Waals surface area contributed by atoms with E-state index in [1.807, 2.05) is 31.9 Å². The molecule has 7 nitrogen and oxygen atoms in total. The van der Waals surface area contributed by atoms with Crippen molar-refractivity contribution in [1.82, 2.24) is 9.21 Å². The molecule has 0 bridgehead atoms. The fourth-order valence-corrected chi connectivity index (χ4v) is 4.46. The molecule has 2 rings (SSSR count). The highest BCUT2D eigenvalue weighted by Gasteiger charge is 2.28. The molecule has 27 heavy (non-hydrogen) atoms. The fraction of sp³-hybridized carbons (Fsp3) is 0.500. The van der Waals surface area contributed by atoms with Crippen LogP contribution in [0.5, 0.6) is 0 Å². The molecule has 0 aliphatic carbocycles. The molecular weight excluding hydrogens is 390 g/mol. The van der Waals surface area contributed by atoms with Crippen molar-refractivity contribution >= 4 is 33.2 Å². The highest BCUT2D eigenvalue weighted by atomic mass is 35.5. The van der Waals surface area contributed by atoms with Crippen LogP contribution in [0.3, 0.4) is 0 Å². The van der Waals surface area contributed by atoms with Crippen LogP contribution < -0.4 is 5.32 Å². The van der Waals surface area contributed by atoms with Gasteiger partial charge < -0.3 is 10.1 Å². The Kier molecular flexibility index (Phi) is 7.81. The van der Waals surface area contributed by atoms with E-state index in [9.17, 15) is 13.2 Å². The maximum absolute atomic E-state index is 12.8. The lowest BCUT2D eigenvalue weighted by Crippen LogP contribution is -2.40. The van der Waals surface area contributed by atoms with Crippen molar-refractivity contribution in [3.8, 4) is 0 Å². The van der Waals surface area contributed by atoms with E-state index >= 15 is 0 Å². The van der Waals surface area contributed by atoms with Crippen molar-refractivity contribution < 1.29 is 17.9 Å². The quantitative estimate of drug-likeness (QED) is 0.690. The van der Waals surface area contributed by atoms with Gasteiger partial charge in [-0.2, -0.15) is 4.31 Å². The average molecular weight is 416 g/mol. The molecule has 0 atom stereocenters. The fourth-order valence-electron chi connectivity index (χ4n) is 2.55. The van der Waals surface area contributed by atoms with E-state index in [1.54, 1.807) is 6.07 Å². The number of nitrogens with one attached hydrogen (secondary N) is 1. The molecule has 9 heteroatoms. The Hall–Kier alpha value is -1.45. The number of likely N-dealkylation sites (N-methyl/N-ethyl adjacent to an activating group) is 1. The lowest BCUT2D eigenvalue weighted by atomic mass is 10.3. The van der Waals surface area contributed by atoms with Crippen LogP contribution in [0.15, 0.2) is 34.7 Å². The molecule has 1 aromatic carbocycles. The summed E-state index contributed by atoms with van der Waals surface area (Å²) in [6, 6.07) is 4.48. The lowest BCUT2D eigenvalue weighted by Gasteiger charge is -2.26. The van der Waals surface area contributed by atoms with Gasteiger partial charge >= 0.3 is 0 Å². The van der Waals surface area contributed by atoms with E-state index in [1.165, 1.54) is 22.0 Å². The summed E-state index contributed by atoms with van der Waals surface area (Å²) < 4.78 is 32.2. The van der Waals surface area contributed by atoms with E-state index in [4.69, 9.17) is 16.3 Å². The SMILES string of the molecule is CC(C)=CCN(C)CC(=O)Nc1ccc(Cl)c(S(=O)(=O)N2CCOCC2)c1. The van der Waals surface area contributed by atoms with Gasteiger partial charge in [0.05, 0.1) is 24.8 Å². The second-order valence-electron chi connectivity index (χ2n) is 6.69. The number of hydrogen-bond acceptors (Lipinski definition) is 5. The summed E-state index contributed by atoms with van der Waals surface area (Å²) in [6.07, 6.45) is 2.03. The number of allylic oxidation sites excluding steroid dienone is 1. The summed E-state index contributed by atoms with van der Waals surface area (Å²) in [4.78, 5) is 14.1. The molecule has 1 N–H and O–H groups in total. The van der Waals surface area contributed by atoms with Gasteiger partial charge in [0.15, 0.2) is 0 Å². The van der Waals surface area contributed by atoms with Crippen LogP contribution in [0.2, 0.25) is 5.02 Å². The first-order valence-electron chi connectivity index (χ1n) is 8.69. The normalized spacial score (nSPS) is 15.6. The lowest BCUT2D eigenvalue weighted by molar-refractivity contribution is -0.116. The predicted molar refractivity (Wildman–Crippen MR) is 107 cm³/mol. The number of morpholine rings is 1. The third kappa shape index (κ3) is 6.29. The van der Waals surface area contributed by atoms with Crippen molar-refractivity contribution in [2.75, 3.05) is 51.8 Å². The number of halogens is 1. The maximum Gasteiger partial charge on any atom is 0.244 e. The summed E-state index contributed by atoms with van der Waals surface area (Å²) >= 11 is 6.13. The average Bonchev–Trinajstić information content (AvgIpc) is 2.62. The van der Waals surface area contributed by atoms with Gasteiger partial charge in [-0.05, 0) is 39.1 Å². The van der Waals surface area contributed by atoms with E-state index in [0.29, 0.717) is 25.4 Å². The van der Waals surface area contributed by atoms with Crippen LogP contribution in [-0.4, -0.2) is 70.0 Å². The number of hydrogen-bond donors (Lipinski definition) is 1. The number of ether oxygens (including phenoxy) is 1. The summed E-state index contributed by atoms with van der Waals surface area (Å²) in [5, 5.41) is 2.86. The van der Waals surface area contributed by atoms with Crippen LogP contribution in [0.25, 0.3) is 0 Å². The predicted octanol–water partition coefficient (Wildman–Crippen LogP) is 2.20. The zero-order valence-corrected chi connectivity index (χ0v) is 17.4. The number of amides is 1. The van der Waals surface area contributed by atoms with Gasteiger partial charge in [-0.1, -0.05) is 23.3 Å². The van der Waals surface area contributed by atoms with Crippen LogP contribution in [-0.2, 0) is 19.6 Å². The second-order valence-corrected chi connectivity index (χ2v) is 9.00. The molecule has 1 saturated heterocycles. The monoisotopic (exact) mass is 415 g/mol. The minimum Gasteiger partial charge on any atom is -0.379 e. The number of carbonyl (C=O) groups is 1. The van der Waals surface area contributed by atoms with E-state index in [2.05, 4.69) is 5.32 Å². The molecule has 1 heterocycles. The summed E-state index contributed by atoms with van der Waals surface area (Å²) in [7, 11) is -1.90. The molecule has 0 spiro atoms. The molecule has 1 aliphatic rings. The second kappa shape index (κ2) is 9.66. The summed E-state index contributed by atoms with van der Waals surface area (Å²) in [6.45, 7) is 6.12. The van der Waals surface area contributed by atoms with Gasteiger partial charge in [0.1, 0.15) is 4.90 Å². The van der Waals surface area contributed by atoms with Gasteiger partial charge in [-0.15, -0.1) is 0 Å². The Morgan fingerprint density at radius 1 is 1.33 bits per heavy atom. The first-order chi connectivity index (χ1) is 12.7. The van der Waals surface area contributed by atoms with Gasteiger partial charge in [-0.3, -0.25) is 9.69 Å². The van der Waals surface area contributed by atoms with Crippen LogP contribution in [0.1, 0.15) is 13.8 Å². The molecule has 0 radical (unpaired) electrons. The molecule has 1 amide bonds. The van der Waals surface area contributed by atoms with Crippen molar-refractivity contribution in [3.05, 3.63) is 34.9 Å². The van der Waals surface area contributed by atoms with Crippen molar-refractivity contribution in [1.29, 1.82) is 0 Å². The van der Waals surface area contributed by atoms with Gasteiger partial charge in [0, 0.05) is 25.3 Å². The summed E-state index contributed by atoms with van der Waals surface area (Å²) in [5.74, 6) is -0.225. The Balaban J connectivity index is 2.10. The van der Waals surface area contributed by atoms with E-state index in [-0.39, 0.29) is 35.5 Å². The van der Waals surface area contributed by atoms with Gasteiger partial charge in [-0.25, -0.2) is 8.42 Å². The molecule has 150 valence electrons. The zero-order valence-electron chi connectivity index (χ0n) is 15.9. The highest BCUT2D eigenvalue weighted by Crippen LogP contribution is 2.28. The standard InChI is InChI=1S/C18H26ClN3O4S/c1-14(2)6-7-21(3)13-18(23)20-15-4-5-16(19)17(12-15)27(24,25)22-8-10-26-11-9-22/h4-6,12H,7-11,13H2,1-3H3,(H,20,23). The smallest absolute Gasteiger partial charge is 0.244 e. The topological polar surface area (TPSA) is 79.0 Å². The van der Waals surface area contributed by atoms with Crippen molar-refractivity contribution in [2.24, 2.45) is 0 Å². The largest absolute Gasteiger partial charge is 0.379 e. The first kappa shape index (κ1) is 21.8. The molecule has 0 aromatic heterocycles. The molecule has 1 aromatic rings. The number of anilines is 1. The summed E-state index contributed by atoms with van der Waals surface area (Å²) in [5.41, 5.74) is 1.57. The Morgan fingerprint density at radius 3 is 2.63 bits per heavy atom. The van der Waals surface area contributed by atoms with E-state index < -0.39 is 10.0 Å². The van der Waals surface area contributed by atoms with Crippen molar-refractivity contribution in [2.45, 2.75) is 18.7 Å². The Bertz CT molecular complexity index is 801. The van der Waals surface area contributed by atoms with Gasteiger partial charge in [0.2, 0.25) is 15.9 Å². The number of nitrogens with zero attached hydrogens (tertiary/aromatic N) is 2. The molecule has 0 saturated carbocycles. The first-order valence-corrected chi connectivity index (χ1v) is 10.5. The third-order valence-electron chi connectivity index (χ3n) is 4.03. The van der Waals surface area contributed by atoms with Crippen molar-refractivity contribution in [3.63, 3.8) is 0 Å². The van der Waals surface area contributed by atoms with Crippen LogP contribution in [0.4, 0.5) is 5.69 Å². The van der Waals surface area contributed by atoms with Crippen LogP contribution >= 0.6 is 11.6 Å². The highest BCUT2D eigenvalue weighted by molar-refractivity contribution is 7.89. The molecule has 1 aliphatic heterocycles. The molecule has 0 unspecified atom stereocenters. The minimum absolute atomic E-state index is 0.0123. The van der Waals surface area contributed by atoms with E-state index in [0.717, 1.165) is 0 Å². The minimum atomic E-state index is -3.74. The Morgan fingerprint density at radius 2 is 2.00 bits per heavy atom. The number of sulfonamides is 1. The number of benzene rings is 1. The molecule has 1 fully saturated rings.